The number of nitrogens with zero attached hydrogens (tertiary/aromatic N) is 3. The van der Waals surface area contributed by atoms with E-state index in [0.717, 1.165) is 74.3 Å². The molecule has 1 amide bonds. The number of hydrogen-bond donors (Lipinski definition) is 0. The molecule has 1 atom stereocenters. The quantitative estimate of drug-likeness (QED) is 0.304. The van der Waals surface area contributed by atoms with Crippen LogP contribution in [0, 0.1) is 12.8 Å². The van der Waals surface area contributed by atoms with E-state index in [9.17, 15) is 4.79 Å². The van der Waals surface area contributed by atoms with Crippen LogP contribution in [0.4, 0.5) is 4.79 Å². The summed E-state index contributed by atoms with van der Waals surface area (Å²) in [7, 11) is 0. The van der Waals surface area contributed by atoms with Crippen molar-refractivity contribution >= 4 is 28.7 Å². The number of carbonyl (C=O) groups is 1. The van der Waals surface area contributed by atoms with Gasteiger partial charge in [0.05, 0.1) is 11.0 Å². The molecule has 0 saturated carbocycles. The van der Waals surface area contributed by atoms with E-state index in [0.29, 0.717) is 17.5 Å². The van der Waals surface area contributed by atoms with Gasteiger partial charge in [0.15, 0.2) is 0 Å². The summed E-state index contributed by atoms with van der Waals surface area (Å²) in [4.78, 5) is 19.4. The highest BCUT2D eigenvalue weighted by atomic mass is 35.5. The summed E-state index contributed by atoms with van der Waals surface area (Å²) >= 11 is 6.03. The lowest BCUT2D eigenvalue weighted by Crippen LogP contribution is -2.42. The molecule has 1 fully saturated rings. The third-order valence-electron chi connectivity index (χ3n) is 7.01. The number of carbonyl (C=O) groups excluding carboxylic acids is 1. The molecule has 0 N–H and O–H groups in total. The van der Waals surface area contributed by atoms with Crippen LogP contribution in [0.15, 0.2) is 36.4 Å². The summed E-state index contributed by atoms with van der Waals surface area (Å²) in [5.41, 5.74) is 4.33. The zero-order chi connectivity index (χ0) is 26.6. The van der Waals surface area contributed by atoms with Gasteiger partial charge in [0.1, 0.15) is 23.8 Å². The molecule has 0 aliphatic carbocycles. The smallest absolute Gasteiger partial charge is 0.410 e. The molecule has 7 heteroatoms. The number of imidazole rings is 1. The van der Waals surface area contributed by atoms with Crippen molar-refractivity contribution in [3.63, 3.8) is 0 Å². The Kier molecular flexibility index (Phi) is 8.68. The molecular weight excluding hydrogens is 486 g/mol. The van der Waals surface area contributed by atoms with E-state index in [2.05, 4.69) is 30.5 Å². The minimum atomic E-state index is -0.466. The van der Waals surface area contributed by atoms with E-state index in [-0.39, 0.29) is 6.09 Å². The van der Waals surface area contributed by atoms with Crippen LogP contribution < -0.4 is 4.74 Å². The number of likely N-dealkylation sites (tertiary alicyclic amines) is 1. The van der Waals surface area contributed by atoms with Crippen molar-refractivity contribution in [2.75, 3.05) is 13.1 Å². The Morgan fingerprint density at radius 1 is 1.19 bits per heavy atom. The van der Waals surface area contributed by atoms with Crippen LogP contribution in [0.5, 0.6) is 5.75 Å². The number of aromatic nitrogens is 2. The third-order valence-corrected chi connectivity index (χ3v) is 7.26. The van der Waals surface area contributed by atoms with Gasteiger partial charge in [0.2, 0.25) is 0 Å². The van der Waals surface area contributed by atoms with Crippen LogP contribution in [0.25, 0.3) is 11.0 Å². The average Bonchev–Trinajstić information content (AvgIpc) is 3.18. The van der Waals surface area contributed by atoms with E-state index in [1.165, 1.54) is 11.1 Å². The Hall–Kier alpha value is -2.73. The number of ether oxygens (including phenoxy) is 2. The van der Waals surface area contributed by atoms with Gasteiger partial charge in [-0.1, -0.05) is 18.5 Å². The number of fused-ring (bicyclic) bond motifs is 1. The van der Waals surface area contributed by atoms with Gasteiger partial charge >= 0.3 is 6.09 Å². The number of halogens is 1. The maximum atomic E-state index is 12.6. The Morgan fingerprint density at radius 2 is 1.95 bits per heavy atom. The SMILES string of the molecule is CCc1cc2nc(COc3ccc(Cl)cc3)n(CCCC3CCCN(C(=O)OC(C)(C)C)C3)c2cc1C. The van der Waals surface area contributed by atoms with Crippen molar-refractivity contribution in [1.29, 1.82) is 0 Å². The molecule has 2 aromatic carbocycles. The van der Waals surface area contributed by atoms with Crippen LogP contribution >= 0.6 is 11.6 Å². The van der Waals surface area contributed by atoms with Crippen molar-refractivity contribution in [2.45, 2.75) is 85.5 Å². The number of amides is 1. The van der Waals surface area contributed by atoms with E-state index < -0.39 is 5.60 Å². The maximum Gasteiger partial charge on any atom is 0.410 e. The number of benzene rings is 2. The van der Waals surface area contributed by atoms with Gasteiger partial charge in [0.25, 0.3) is 0 Å². The molecule has 1 aromatic heterocycles. The number of aryl methyl sites for hydroxylation is 3. The molecule has 200 valence electrons. The summed E-state index contributed by atoms with van der Waals surface area (Å²) in [6, 6.07) is 11.9. The Morgan fingerprint density at radius 3 is 2.65 bits per heavy atom. The van der Waals surface area contributed by atoms with E-state index in [1.807, 2.05) is 49.9 Å². The fourth-order valence-electron chi connectivity index (χ4n) is 5.12. The highest BCUT2D eigenvalue weighted by molar-refractivity contribution is 6.30. The van der Waals surface area contributed by atoms with E-state index in [1.54, 1.807) is 0 Å². The third kappa shape index (κ3) is 7.19. The van der Waals surface area contributed by atoms with Crippen LogP contribution in [0.1, 0.15) is 70.3 Å². The summed E-state index contributed by atoms with van der Waals surface area (Å²) in [5, 5.41) is 0.690. The summed E-state index contributed by atoms with van der Waals surface area (Å²) in [5.74, 6) is 2.19. The largest absolute Gasteiger partial charge is 0.486 e. The molecular formula is C30H40ClN3O3. The fraction of sp³-hybridized carbons (Fsp3) is 0.533. The van der Waals surface area contributed by atoms with Gasteiger partial charge < -0.3 is 18.9 Å². The lowest BCUT2D eigenvalue weighted by atomic mass is 9.93. The second kappa shape index (κ2) is 11.8. The zero-order valence-electron chi connectivity index (χ0n) is 22.8. The molecule has 6 nitrogen and oxygen atoms in total. The molecule has 2 heterocycles. The minimum absolute atomic E-state index is 0.193. The highest BCUT2D eigenvalue weighted by Gasteiger charge is 2.27. The molecule has 1 unspecified atom stereocenters. The number of hydrogen-bond acceptors (Lipinski definition) is 4. The van der Waals surface area contributed by atoms with Gasteiger partial charge in [-0.05, 0) is 113 Å². The first-order valence-electron chi connectivity index (χ1n) is 13.5. The monoisotopic (exact) mass is 525 g/mol. The van der Waals surface area contributed by atoms with Gasteiger partial charge in [-0.25, -0.2) is 9.78 Å². The molecule has 1 aliphatic rings. The molecule has 0 radical (unpaired) electrons. The van der Waals surface area contributed by atoms with Crippen LogP contribution in [-0.2, 0) is 24.3 Å². The molecule has 0 bridgehead atoms. The van der Waals surface area contributed by atoms with Gasteiger partial charge in [-0.3, -0.25) is 0 Å². The van der Waals surface area contributed by atoms with E-state index >= 15 is 0 Å². The highest BCUT2D eigenvalue weighted by Crippen LogP contribution is 2.26. The van der Waals surface area contributed by atoms with Crippen molar-refractivity contribution < 1.29 is 14.3 Å². The van der Waals surface area contributed by atoms with Crippen LogP contribution in [-0.4, -0.2) is 39.2 Å². The Bertz CT molecular complexity index is 1210. The van der Waals surface area contributed by atoms with Crippen molar-refractivity contribution in [2.24, 2.45) is 5.92 Å². The summed E-state index contributed by atoms with van der Waals surface area (Å²) in [6.07, 6.45) is 5.04. The molecule has 4 rings (SSSR count). The van der Waals surface area contributed by atoms with Gasteiger partial charge in [-0.2, -0.15) is 0 Å². The maximum absolute atomic E-state index is 12.6. The van der Waals surface area contributed by atoms with Gasteiger partial charge in [0, 0.05) is 24.7 Å². The van der Waals surface area contributed by atoms with Crippen molar-refractivity contribution in [1.82, 2.24) is 14.5 Å². The fourth-order valence-corrected chi connectivity index (χ4v) is 5.25. The van der Waals surface area contributed by atoms with Crippen LogP contribution in [0.3, 0.4) is 0 Å². The zero-order valence-corrected chi connectivity index (χ0v) is 23.6. The van der Waals surface area contributed by atoms with Crippen LogP contribution in [0.2, 0.25) is 5.02 Å². The lowest BCUT2D eigenvalue weighted by Gasteiger charge is -2.34. The molecule has 0 spiro atoms. The molecule has 1 aliphatic heterocycles. The predicted octanol–water partition coefficient (Wildman–Crippen LogP) is 7.57. The predicted molar refractivity (Wildman–Crippen MR) is 149 cm³/mol. The van der Waals surface area contributed by atoms with Crippen molar-refractivity contribution in [3.05, 3.63) is 58.4 Å². The Labute approximate surface area is 225 Å². The standard InChI is InChI=1S/C30H40ClN3O3/c1-6-23-18-26-27(17-21(23)2)34(28(32-26)20-36-25-13-11-24(31)12-14-25)16-8-10-22-9-7-15-33(19-22)29(35)37-30(3,4)5/h11-14,17-18,22H,6-10,15-16,19-20H2,1-5H3. The molecule has 37 heavy (non-hydrogen) atoms. The van der Waals surface area contributed by atoms with Crippen molar-refractivity contribution in [3.8, 4) is 5.75 Å². The normalized spacial score (nSPS) is 16.3. The second-order valence-corrected chi connectivity index (χ2v) is 11.6. The average molecular weight is 526 g/mol. The lowest BCUT2D eigenvalue weighted by molar-refractivity contribution is 0.0160. The van der Waals surface area contributed by atoms with Gasteiger partial charge in [-0.15, -0.1) is 0 Å². The topological polar surface area (TPSA) is 56.6 Å². The summed E-state index contributed by atoms with van der Waals surface area (Å²) in [6.45, 7) is 12.9. The minimum Gasteiger partial charge on any atom is -0.486 e. The number of rotatable bonds is 8. The number of piperidine rings is 1. The first-order valence-corrected chi connectivity index (χ1v) is 13.9. The Balaban J connectivity index is 1.45. The van der Waals surface area contributed by atoms with E-state index in [4.69, 9.17) is 26.1 Å². The first kappa shape index (κ1) is 27.3. The molecule has 1 saturated heterocycles. The summed E-state index contributed by atoms with van der Waals surface area (Å²) < 4.78 is 14.0. The molecule has 3 aromatic rings. The first-order chi connectivity index (χ1) is 17.6. The second-order valence-electron chi connectivity index (χ2n) is 11.1.